The van der Waals surface area contributed by atoms with Gasteiger partial charge >= 0.3 is 5.97 Å². The second-order valence-corrected chi connectivity index (χ2v) is 4.56. The van der Waals surface area contributed by atoms with Gasteiger partial charge in [-0.1, -0.05) is 6.07 Å². The number of carbonyl (C=O) groups is 2. The lowest BCUT2D eigenvalue weighted by atomic mass is 10.1. The first-order chi connectivity index (χ1) is 9.16. The van der Waals surface area contributed by atoms with Crippen molar-refractivity contribution in [2.45, 2.75) is 19.3 Å². The molecular formula is C14H17NO4. The molecule has 0 aromatic heterocycles. The lowest BCUT2D eigenvalue weighted by molar-refractivity contribution is -0.139. The SMILES string of the molecule is O=C(O)COc1cccc(C(=O)N2CCCCC2)c1. The quantitative estimate of drug-likeness (QED) is 0.899. The first kappa shape index (κ1) is 13.4. The summed E-state index contributed by atoms with van der Waals surface area (Å²) in [4.78, 5) is 24.5. The number of nitrogens with zero attached hydrogens (tertiary/aromatic N) is 1. The molecule has 2 rings (SSSR count). The van der Waals surface area contributed by atoms with Crippen LogP contribution >= 0.6 is 0 Å². The van der Waals surface area contributed by atoms with Gasteiger partial charge in [-0.2, -0.15) is 0 Å². The van der Waals surface area contributed by atoms with E-state index in [1.165, 1.54) is 6.42 Å². The topological polar surface area (TPSA) is 66.8 Å². The largest absolute Gasteiger partial charge is 0.482 e. The fourth-order valence-corrected chi connectivity index (χ4v) is 2.14. The number of carbonyl (C=O) groups excluding carboxylic acids is 1. The molecule has 1 heterocycles. The molecule has 1 N–H and O–H groups in total. The van der Waals surface area contributed by atoms with E-state index in [0.717, 1.165) is 25.9 Å². The number of hydrogen-bond donors (Lipinski definition) is 1. The van der Waals surface area contributed by atoms with Crippen LogP contribution in [0.3, 0.4) is 0 Å². The Morgan fingerprint density at radius 2 is 1.95 bits per heavy atom. The number of piperidine rings is 1. The van der Waals surface area contributed by atoms with Crippen LogP contribution in [0.1, 0.15) is 29.6 Å². The summed E-state index contributed by atoms with van der Waals surface area (Å²) in [6, 6.07) is 6.68. The summed E-state index contributed by atoms with van der Waals surface area (Å²) in [7, 11) is 0. The Hall–Kier alpha value is -2.04. The van der Waals surface area contributed by atoms with Crippen LogP contribution in [0.25, 0.3) is 0 Å². The van der Waals surface area contributed by atoms with Crippen LogP contribution < -0.4 is 4.74 Å². The van der Waals surface area contributed by atoms with Crippen molar-refractivity contribution in [1.29, 1.82) is 0 Å². The van der Waals surface area contributed by atoms with Crippen LogP contribution in [-0.2, 0) is 4.79 Å². The van der Waals surface area contributed by atoms with Crippen LogP contribution in [0, 0.1) is 0 Å². The molecule has 0 saturated carbocycles. The molecule has 5 heteroatoms. The van der Waals surface area contributed by atoms with Crippen molar-refractivity contribution in [3.63, 3.8) is 0 Å². The molecule has 19 heavy (non-hydrogen) atoms. The molecular weight excluding hydrogens is 246 g/mol. The maximum Gasteiger partial charge on any atom is 0.341 e. The van der Waals surface area contributed by atoms with Crippen molar-refractivity contribution in [2.24, 2.45) is 0 Å². The number of likely N-dealkylation sites (tertiary alicyclic amines) is 1. The Labute approximate surface area is 111 Å². The highest BCUT2D eigenvalue weighted by molar-refractivity contribution is 5.94. The minimum Gasteiger partial charge on any atom is -0.482 e. The maximum atomic E-state index is 12.2. The molecule has 1 amide bonds. The average Bonchev–Trinajstić information content (AvgIpc) is 2.45. The van der Waals surface area contributed by atoms with Gasteiger partial charge in [0.1, 0.15) is 5.75 Å². The van der Waals surface area contributed by atoms with E-state index < -0.39 is 12.6 Å². The molecule has 1 aliphatic heterocycles. The van der Waals surface area contributed by atoms with E-state index in [1.54, 1.807) is 24.3 Å². The Kier molecular flexibility index (Phi) is 4.39. The Morgan fingerprint density at radius 3 is 2.63 bits per heavy atom. The molecule has 0 aliphatic carbocycles. The summed E-state index contributed by atoms with van der Waals surface area (Å²) in [5.41, 5.74) is 0.546. The Morgan fingerprint density at radius 1 is 1.21 bits per heavy atom. The molecule has 0 bridgehead atoms. The summed E-state index contributed by atoms with van der Waals surface area (Å²) < 4.78 is 5.08. The zero-order valence-corrected chi connectivity index (χ0v) is 10.7. The first-order valence-electron chi connectivity index (χ1n) is 6.41. The highest BCUT2D eigenvalue weighted by Crippen LogP contribution is 2.17. The Balaban J connectivity index is 2.04. The molecule has 1 aromatic rings. The third-order valence-corrected chi connectivity index (χ3v) is 3.09. The van der Waals surface area contributed by atoms with E-state index >= 15 is 0 Å². The predicted octanol–water partition coefficient (Wildman–Crippen LogP) is 1.78. The van der Waals surface area contributed by atoms with Crippen molar-refractivity contribution in [1.82, 2.24) is 4.90 Å². The van der Waals surface area contributed by atoms with E-state index in [2.05, 4.69) is 0 Å². The van der Waals surface area contributed by atoms with Crippen molar-refractivity contribution in [2.75, 3.05) is 19.7 Å². The molecule has 0 unspecified atom stereocenters. The summed E-state index contributed by atoms with van der Waals surface area (Å²) in [5, 5.41) is 8.56. The molecule has 1 saturated heterocycles. The lowest BCUT2D eigenvalue weighted by Gasteiger charge is -2.26. The van der Waals surface area contributed by atoms with Crippen molar-refractivity contribution in [3.8, 4) is 5.75 Å². The summed E-state index contributed by atoms with van der Waals surface area (Å²) in [5.74, 6) is -0.640. The van der Waals surface area contributed by atoms with Crippen LogP contribution in [0.4, 0.5) is 0 Å². The number of aliphatic carboxylic acids is 1. The number of hydrogen-bond acceptors (Lipinski definition) is 3. The first-order valence-corrected chi connectivity index (χ1v) is 6.41. The number of benzene rings is 1. The Bertz CT molecular complexity index is 466. The van der Waals surface area contributed by atoms with Crippen LogP contribution in [0.2, 0.25) is 0 Å². The average molecular weight is 263 g/mol. The minimum atomic E-state index is -1.03. The lowest BCUT2D eigenvalue weighted by Crippen LogP contribution is -2.35. The minimum absolute atomic E-state index is 0.0134. The van der Waals surface area contributed by atoms with Gasteiger partial charge in [-0.15, -0.1) is 0 Å². The molecule has 5 nitrogen and oxygen atoms in total. The molecule has 102 valence electrons. The molecule has 1 aliphatic rings. The van der Waals surface area contributed by atoms with Gasteiger partial charge in [0.15, 0.2) is 6.61 Å². The summed E-state index contributed by atoms with van der Waals surface area (Å²) in [6.45, 7) is 1.18. The summed E-state index contributed by atoms with van der Waals surface area (Å²) in [6.07, 6.45) is 3.26. The van der Waals surface area contributed by atoms with Crippen molar-refractivity contribution in [3.05, 3.63) is 29.8 Å². The third-order valence-electron chi connectivity index (χ3n) is 3.09. The molecule has 0 radical (unpaired) electrons. The van der Waals surface area contributed by atoms with Gasteiger partial charge in [0.25, 0.3) is 5.91 Å². The monoisotopic (exact) mass is 263 g/mol. The van der Waals surface area contributed by atoms with Gasteiger partial charge in [-0.3, -0.25) is 4.79 Å². The normalized spacial score (nSPS) is 15.1. The fourth-order valence-electron chi connectivity index (χ4n) is 2.14. The van der Waals surface area contributed by atoms with E-state index in [1.807, 2.05) is 4.90 Å². The van der Waals surface area contributed by atoms with Gasteiger partial charge in [0, 0.05) is 18.7 Å². The van der Waals surface area contributed by atoms with Crippen LogP contribution in [0.5, 0.6) is 5.75 Å². The van der Waals surface area contributed by atoms with E-state index in [-0.39, 0.29) is 5.91 Å². The molecule has 0 atom stereocenters. The number of carboxylic acid groups (broad SMARTS) is 1. The number of amides is 1. The van der Waals surface area contributed by atoms with Crippen LogP contribution in [-0.4, -0.2) is 41.6 Å². The van der Waals surface area contributed by atoms with Crippen LogP contribution in [0.15, 0.2) is 24.3 Å². The highest BCUT2D eigenvalue weighted by atomic mass is 16.5. The van der Waals surface area contributed by atoms with Gasteiger partial charge < -0.3 is 14.7 Å². The fraction of sp³-hybridized carbons (Fsp3) is 0.429. The number of carboxylic acids is 1. The number of rotatable bonds is 4. The zero-order valence-electron chi connectivity index (χ0n) is 10.7. The summed E-state index contributed by atoms with van der Waals surface area (Å²) >= 11 is 0. The standard InChI is InChI=1S/C14H17NO4/c16-13(17)10-19-12-6-4-5-11(9-12)14(18)15-7-2-1-3-8-15/h4-6,9H,1-3,7-8,10H2,(H,16,17). The molecule has 1 fully saturated rings. The molecule has 0 spiro atoms. The van der Waals surface area contributed by atoms with Crippen molar-refractivity contribution >= 4 is 11.9 Å². The highest BCUT2D eigenvalue weighted by Gasteiger charge is 2.18. The number of ether oxygens (including phenoxy) is 1. The van der Waals surface area contributed by atoms with E-state index in [9.17, 15) is 9.59 Å². The maximum absolute atomic E-state index is 12.2. The van der Waals surface area contributed by atoms with Gasteiger partial charge in [0.05, 0.1) is 0 Å². The second kappa shape index (κ2) is 6.22. The smallest absolute Gasteiger partial charge is 0.341 e. The third kappa shape index (κ3) is 3.71. The zero-order chi connectivity index (χ0) is 13.7. The van der Waals surface area contributed by atoms with Gasteiger partial charge in [-0.25, -0.2) is 4.79 Å². The molecule has 1 aromatic carbocycles. The second-order valence-electron chi connectivity index (χ2n) is 4.56. The van der Waals surface area contributed by atoms with E-state index in [4.69, 9.17) is 9.84 Å². The van der Waals surface area contributed by atoms with Crippen molar-refractivity contribution < 1.29 is 19.4 Å². The van der Waals surface area contributed by atoms with Gasteiger partial charge in [0.2, 0.25) is 0 Å². The predicted molar refractivity (Wildman–Crippen MR) is 69.3 cm³/mol. The van der Waals surface area contributed by atoms with E-state index in [0.29, 0.717) is 11.3 Å². The van der Waals surface area contributed by atoms with Gasteiger partial charge in [-0.05, 0) is 37.5 Å².